The zero-order valence-corrected chi connectivity index (χ0v) is 17.6. The molecule has 6 nitrogen and oxygen atoms in total. The van der Waals surface area contributed by atoms with Gasteiger partial charge in [-0.2, -0.15) is 11.8 Å². The van der Waals surface area contributed by atoms with Crippen molar-refractivity contribution in [2.75, 3.05) is 30.7 Å². The van der Waals surface area contributed by atoms with E-state index in [0.29, 0.717) is 28.8 Å². The third-order valence-corrected chi connectivity index (χ3v) is 7.22. The maximum absolute atomic E-state index is 12.7. The molecular weight excluding hydrogens is 396 g/mol. The highest BCUT2D eigenvalue weighted by atomic mass is 32.2. The minimum atomic E-state index is -3.78. The molecule has 1 amide bonds. The van der Waals surface area contributed by atoms with Crippen molar-refractivity contribution in [2.24, 2.45) is 0 Å². The molecule has 0 aromatic heterocycles. The van der Waals surface area contributed by atoms with E-state index in [0.717, 1.165) is 18.7 Å². The fourth-order valence-corrected chi connectivity index (χ4v) is 5.06. The first-order valence-electron chi connectivity index (χ1n) is 9.07. The number of nitrogens with one attached hydrogen (secondary N) is 1. The molecule has 1 saturated heterocycles. The number of benzene rings is 2. The first kappa shape index (κ1) is 20.5. The van der Waals surface area contributed by atoms with Crippen LogP contribution in [0.3, 0.4) is 0 Å². The van der Waals surface area contributed by atoms with E-state index in [1.807, 2.05) is 16.7 Å². The molecular formula is C20H24N2O4S2. The number of sulfonamides is 1. The number of anilines is 1. The third-order valence-electron chi connectivity index (χ3n) is 4.62. The number of methoxy groups -OCH3 is 1. The second-order valence-corrected chi connectivity index (χ2v) is 9.82. The molecule has 1 aliphatic heterocycles. The average molecular weight is 421 g/mol. The minimum absolute atomic E-state index is 0.0589. The molecule has 1 N–H and O–H groups in total. The number of para-hydroxylation sites is 2. The molecule has 2 aromatic carbocycles. The first-order valence-corrected chi connectivity index (χ1v) is 11.6. The Kier molecular flexibility index (Phi) is 6.51. The molecule has 1 aliphatic rings. The van der Waals surface area contributed by atoms with E-state index < -0.39 is 10.0 Å². The smallest absolute Gasteiger partial charge is 0.262 e. The second kappa shape index (κ2) is 8.87. The summed E-state index contributed by atoms with van der Waals surface area (Å²) in [5.74, 6) is 1.30. The fourth-order valence-electron chi connectivity index (χ4n) is 2.99. The van der Waals surface area contributed by atoms with Crippen LogP contribution in [0.5, 0.6) is 5.75 Å². The average Bonchev–Trinajstić information content (AvgIpc) is 2.92. The molecule has 2 aromatic rings. The number of hydrogen-bond donors (Lipinski definition) is 1. The van der Waals surface area contributed by atoms with E-state index in [4.69, 9.17) is 4.74 Å². The highest BCUT2D eigenvalue weighted by Crippen LogP contribution is 2.26. The van der Waals surface area contributed by atoms with Gasteiger partial charge in [-0.3, -0.25) is 9.52 Å². The lowest BCUT2D eigenvalue weighted by Gasteiger charge is -2.20. The molecule has 0 bridgehead atoms. The summed E-state index contributed by atoms with van der Waals surface area (Å²) in [7, 11) is -2.30. The van der Waals surface area contributed by atoms with Crippen LogP contribution in [0, 0.1) is 0 Å². The monoisotopic (exact) mass is 420 g/mol. The number of thioether (sulfide) groups is 1. The van der Waals surface area contributed by atoms with Crippen molar-refractivity contribution in [3.63, 3.8) is 0 Å². The zero-order valence-electron chi connectivity index (χ0n) is 15.9. The van der Waals surface area contributed by atoms with Crippen molar-refractivity contribution in [1.29, 1.82) is 0 Å². The summed E-state index contributed by atoms with van der Waals surface area (Å²) in [5.41, 5.74) is 0.858. The summed E-state index contributed by atoms with van der Waals surface area (Å²) in [6.45, 7) is 3.61. The van der Waals surface area contributed by atoms with Crippen LogP contribution in [0.1, 0.15) is 23.7 Å². The van der Waals surface area contributed by atoms with Gasteiger partial charge in [0, 0.05) is 29.7 Å². The van der Waals surface area contributed by atoms with Crippen LogP contribution in [-0.4, -0.2) is 50.4 Å². The predicted molar refractivity (Wildman–Crippen MR) is 113 cm³/mol. The summed E-state index contributed by atoms with van der Waals surface area (Å²) >= 11 is 1.87. The quantitative estimate of drug-likeness (QED) is 0.802. The van der Waals surface area contributed by atoms with Crippen molar-refractivity contribution in [2.45, 2.75) is 23.5 Å². The van der Waals surface area contributed by atoms with Gasteiger partial charge in [0.25, 0.3) is 15.9 Å². The summed E-state index contributed by atoms with van der Waals surface area (Å²) in [4.78, 5) is 14.7. The largest absolute Gasteiger partial charge is 0.495 e. The summed E-state index contributed by atoms with van der Waals surface area (Å²) < 4.78 is 33.1. The van der Waals surface area contributed by atoms with Crippen molar-refractivity contribution in [1.82, 2.24) is 4.90 Å². The van der Waals surface area contributed by atoms with Crippen LogP contribution in [0.4, 0.5) is 5.69 Å². The van der Waals surface area contributed by atoms with Crippen LogP contribution in [0.2, 0.25) is 0 Å². The molecule has 0 spiro atoms. The van der Waals surface area contributed by atoms with Crippen LogP contribution in [0.25, 0.3) is 0 Å². The van der Waals surface area contributed by atoms with E-state index in [1.54, 1.807) is 36.4 Å². The molecule has 1 fully saturated rings. The molecule has 3 rings (SSSR count). The Morgan fingerprint density at radius 3 is 2.57 bits per heavy atom. The van der Waals surface area contributed by atoms with Crippen LogP contribution < -0.4 is 9.46 Å². The molecule has 0 unspecified atom stereocenters. The summed E-state index contributed by atoms with van der Waals surface area (Å²) in [6, 6.07) is 12.9. The van der Waals surface area contributed by atoms with Gasteiger partial charge in [-0.05, 0) is 42.8 Å². The van der Waals surface area contributed by atoms with Gasteiger partial charge in [-0.1, -0.05) is 19.1 Å². The molecule has 0 aliphatic carbocycles. The molecule has 8 heteroatoms. The van der Waals surface area contributed by atoms with Gasteiger partial charge in [0.15, 0.2) is 0 Å². The highest BCUT2D eigenvalue weighted by molar-refractivity contribution is 7.99. The fraction of sp³-hybridized carbons (Fsp3) is 0.350. The second-order valence-electron chi connectivity index (χ2n) is 6.59. The number of hydrogen-bond acceptors (Lipinski definition) is 5. The van der Waals surface area contributed by atoms with E-state index in [-0.39, 0.29) is 10.8 Å². The van der Waals surface area contributed by atoms with Crippen molar-refractivity contribution in [3.8, 4) is 5.75 Å². The van der Waals surface area contributed by atoms with E-state index in [2.05, 4.69) is 11.6 Å². The zero-order chi connectivity index (χ0) is 20.1. The number of carbonyl (C=O) groups excluding carboxylic acids is 1. The Morgan fingerprint density at radius 2 is 1.86 bits per heavy atom. The van der Waals surface area contributed by atoms with E-state index >= 15 is 0 Å². The summed E-state index contributed by atoms with van der Waals surface area (Å²) in [6.07, 6.45) is 0.964. The number of rotatable bonds is 5. The van der Waals surface area contributed by atoms with Crippen LogP contribution in [-0.2, 0) is 10.0 Å². The number of nitrogens with zero attached hydrogens (tertiary/aromatic N) is 1. The van der Waals surface area contributed by atoms with Gasteiger partial charge in [0.05, 0.1) is 17.7 Å². The Balaban J connectivity index is 1.75. The first-order chi connectivity index (χ1) is 13.4. The Hall–Kier alpha value is -2.19. The molecule has 1 atom stereocenters. The molecule has 1 heterocycles. The number of amides is 1. The van der Waals surface area contributed by atoms with Crippen molar-refractivity contribution in [3.05, 3.63) is 54.1 Å². The van der Waals surface area contributed by atoms with Crippen LogP contribution >= 0.6 is 11.8 Å². The number of carbonyl (C=O) groups is 1. The maximum atomic E-state index is 12.7. The van der Waals surface area contributed by atoms with Gasteiger partial charge < -0.3 is 9.64 Å². The maximum Gasteiger partial charge on any atom is 0.262 e. The Morgan fingerprint density at radius 1 is 1.14 bits per heavy atom. The van der Waals surface area contributed by atoms with Crippen molar-refractivity contribution >= 4 is 33.4 Å². The third kappa shape index (κ3) is 4.80. The van der Waals surface area contributed by atoms with E-state index in [1.165, 1.54) is 19.2 Å². The Labute approximate surface area is 170 Å². The Bertz CT molecular complexity index is 929. The molecule has 0 radical (unpaired) electrons. The minimum Gasteiger partial charge on any atom is -0.495 e. The van der Waals surface area contributed by atoms with Crippen molar-refractivity contribution < 1.29 is 17.9 Å². The number of ether oxygens (including phenoxy) is 1. The summed E-state index contributed by atoms with van der Waals surface area (Å²) in [5, 5.41) is 0.548. The standard InChI is InChI=1S/C20H24N2O4S2/c1-15-11-12-22(13-14-27-15)20(23)16-7-9-17(10-8-16)28(24,25)21-18-5-3-4-6-19(18)26-2/h3-10,15,21H,11-14H2,1-2H3/t15-/m0/s1. The van der Waals surface area contributed by atoms with Gasteiger partial charge in [0.1, 0.15) is 5.75 Å². The lowest BCUT2D eigenvalue weighted by molar-refractivity contribution is 0.0767. The van der Waals surface area contributed by atoms with Gasteiger partial charge in [-0.25, -0.2) is 8.42 Å². The van der Waals surface area contributed by atoms with Gasteiger partial charge in [-0.15, -0.1) is 0 Å². The van der Waals surface area contributed by atoms with E-state index in [9.17, 15) is 13.2 Å². The highest BCUT2D eigenvalue weighted by Gasteiger charge is 2.21. The topological polar surface area (TPSA) is 75.7 Å². The normalized spacial score (nSPS) is 17.6. The predicted octanol–water partition coefficient (Wildman–Crippen LogP) is 3.46. The lowest BCUT2D eigenvalue weighted by atomic mass is 10.2. The molecule has 150 valence electrons. The molecule has 28 heavy (non-hydrogen) atoms. The molecule has 0 saturated carbocycles. The van der Waals surface area contributed by atoms with Gasteiger partial charge >= 0.3 is 0 Å². The SMILES string of the molecule is COc1ccccc1NS(=O)(=O)c1ccc(C(=O)N2CCS[C@@H](C)CC2)cc1. The lowest BCUT2D eigenvalue weighted by Crippen LogP contribution is -2.33. The van der Waals surface area contributed by atoms with Crippen LogP contribution in [0.15, 0.2) is 53.4 Å². The van der Waals surface area contributed by atoms with Gasteiger partial charge in [0.2, 0.25) is 0 Å².